The number of halogens is 1. The van der Waals surface area contributed by atoms with E-state index >= 15 is 0 Å². The Labute approximate surface area is 204 Å². The van der Waals surface area contributed by atoms with E-state index < -0.39 is 17.6 Å². The van der Waals surface area contributed by atoms with Gasteiger partial charge in [0, 0.05) is 42.2 Å². The van der Waals surface area contributed by atoms with Gasteiger partial charge in [0.05, 0.1) is 28.0 Å². The molecule has 2 N–H and O–H groups in total. The molecule has 0 saturated heterocycles. The molecular formula is C26H20FN7O2. The van der Waals surface area contributed by atoms with E-state index in [1.807, 2.05) is 33.0 Å². The summed E-state index contributed by atoms with van der Waals surface area (Å²) in [5, 5.41) is 8.27. The van der Waals surface area contributed by atoms with Crippen molar-refractivity contribution in [1.29, 1.82) is 0 Å². The lowest BCUT2D eigenvalue weighted by molar-refractivity contribution is 0.0925. The molecular weight excluding hydrogens is 461 g/mol. The lowest BCUT2D eigenvalue weighted by Gasteiger charge is -2.15. The highest BCUT2D eigenvalue weighted by Gasteiger charge is 2.39. The molecule has 2 amide bonds. The highest BCUT2D eigenvalue weighted by molar-refractivity contribution is 6.36. The fourth-order valence-electron chi connectivity index (χ4n) is 4.49. The highest BCUT2D eigenvalue weighted by atomic mass is 19.1. The van der Waals surface area contributed by atoms with Crippen LogP contribution >= 0.6 is 0 Å². The Morgan fingerprint density at radius 3 is 2.58 bits per heavy atom. The number of anilines is 3. The molecule has 10 heteroatoms. The summed E-state index contributed by atoms with van der Waals surface area (Å²) in [7, 11) is 1.86. The molecule has 0 atom stereocenters. The maximum atomic E-state index is 14.4. The average Bonchev–Trinajstić information content (AvgIpc) is 3.50. The predicted octanol–water partition coefficient (Wildman–Crippen LogP) is 4.66. The van der Waals surface area contributed by atoms with Gasteiger partial charge in [0.25, 0.3) is 11.8 Å². The number of aromatic nitrogens is 5. The molecule has 9 nitrogen and oxygen atoms in total. The quantitative estimate of drug-likeness (QED) is 0.362. The standard InChI is InChI=1S/C26H20FN7O2/c1-13-11-29-26(30-20-10-14(2)33(3)32-20)31-22(13)17-12-28-23-15(17)6-5-9-19(23)34-24(35)16-7-4-8-18(27)21(16)25(34)36/h4-12,28H,1-3H3,(H,29,30,31,32). The van der Waals surface area contributed by atoms with Crippen LogP contribution in [0.25, 0.3) is 22.2 Å². The van der Waals surface area contributed by atoms with Crippen molar-refractivity contribution < 1.29 is 14.0 Å². The Morgan fingerprint density at radius 1 is 1.03 bits per heavy atom. The number of amides is 2. The van der Waals surface area contributed by atoms with Crippen molar-refractivity contribution in [3.63, 3.8) is 0 Å². The molecule has 0 radical (unpaired) electrons. The van der Waals surface area contributed by atoms with Crippen LogP contribution in [0.3, 0.4) is 0 Å². The van der Waals surface area contributed by atoms with Gasteiger partial charge in [0.1, 0.15) is 5.82 Å². The number of carbonyl (C=O) groups is 2. The van der Waals surface area contributed by atoms with Gasteiger partial charge in [-0.15, -0.1) is 0 Å². The lowest BCUT2D eigenvalue weighted by atomic mass is 10.1. The van der Waals surface area contributed by atoms with Crippen molar-refractivity contribution in [2.75, 3.05) is 10.2 Å². The van der Waals surface area contributed by atoms with Crippen LogP contribution in [0.2, 0.25) is 0 Å². The van der Waals surface area contributed by atoms with Gasteiger partial charge in [-0.2, -0.15) is 5.10 Å². The van der Waals surface area contributed by atoms with E-state index in [-0.39, 0.29) is 11.1 Å². The fraction of sp³-hybridized carbons (Fsp3) is 0.115. The van der Waals surface area contributed by atoms with E-state index in [0.717, 1.165) is 27.1 Å². The molecule has 0 unspecified atom stereocenters. The van der Waals surface area contributed by atoms with E-state index in [1.165, 1.54) is 18.2 Å². The van der Waals surface area contributed by atoms with Crippen molar-refractivity contribution in [1.82, 2.24) is 24.7 Å². The van der Waals surface area contributed by atoms with Crippen LogP contribution in [-0.4, -0.2) is 36.5 Å². The van der Waals surface area contributed by atoms with E-state index in [4.69, 9.17) is 4.98 Å². The number of fused-ring (bicyclic) bond motifs is 2. The normalized spacial score (nSPS) is 13.1. The smallest absolute Gasteiger partial charge is 0.269 e. The molecule has 6 rings (SSSR count). The van der Waals surface area contributed by atoms with E-state index in [0.29, 0.717) is 28.7 Å². The summed E-state index contributed by atoms with van der Waals surface area (Å²) in [6.07, 6.45) is 3.49. The summed E-state index contributed by atoms with van der Waals surface area (Å²) in [6.45, 7) is 3.85. The van der Waals surface area contributed by atoms with Crippen LogP contribution in [-0.2, 0) is 7.05 Å². The van der Waals surface area contributed by atoms with Gasteiger partial charge >= 0.3 is 0 Å². The van der Waals surface area contributed by atoms with Crippen molar-refractivity contribution >= 4 is 40.2 Å². The van der Waals surface area contributed by atoms with E-state index in [1.54, 1.807) is 29.2 Å². The van der Waals surface area contributed by atoms with Crippen molar-refractivity contribution in [2.24, 2.45) is 7.05 Å². The molecule has 1 aliphatic rings. The number of nitrogens with zero attached hydrogens (tertiary/aromatic N) is 5. The number of para-hydroxylation sites is 1. The van der Waals surface area contributed by atoms with E-state index in [9.17, 15) is 14.0 Å². The third kappa shape index (κ3) is 3.18. The third-order valence-corrected chi connectivity index (χ3v) is 6.38. The molecule has 0 bridgehead atoms. The second-order valence-corrected chi connectivity index (χ2v) is 8.65. The molecule has 3 aromatic heterocycles. The van der Waals surface area contributed by atoms with Gasteiger partial charge < -0.3 is 10.3 Å². The molecule has 0 spiro atoms. The SMILES string of the molecule is Cc1cnc(Nc2cc(C)n(C)n2)nc1-c1c[nH]c2c(N3C(=O)c4cccc(F)c4C3=O)cccc12. The summed E-state index contributed by atoms with van der Waals surface area (Å²) in [5.74, 6) is -0.952. The first-order chi connectivity index (χ1) is 17.3. The number of aromatic amines is 1. The number of imide groups is 1. The topological polar surface area (TPSA) is 109 Å². The van der Waals surface area contributed by atoms with Crippen LogP contribution in [0.1, 0.15) is 32.0 Å². The van der Waals surface area contributed by atoms with Crippen molar-refractivity contribution in [3.05, 3.63) is 83.1 Å². The monoisotopic (exact) mass is 481 g/mol. The first-order valence-corrected chi connectivity index (χ1v) is 11.2. The molecule has 0 fully saturated rings. The summed E-state index contributed by atoms with van der Waals surface area (Å²) in [5.41, 5.74) is 4.03. The minimum absolute atomic E-state index is 0.0518. The van der Waals surface area contributed by atoms with Crippen molar-refractivity contribution in [3.8, 4) is 11.3 Å². The van der Waals surface area contributed by atoms with Gasteiger partial charge in [-0.05, 0) is 37.6 Å². The number of hydrogen-bond donors (Lipinski definition) is 2. The Hall–Kier alpha value is -4.86. The van der Waals surface area contributed by atoms with Crippen LogP contribution in [0.5, 0.6) is 0 Å². The van der Waals surface area contributed by atoms with Gasteiger partial charge in [-0.3, -0.25) is 14.3 Å². The molecule has 1 aliphatic heterocycles. The molecule has 0 aliphatic carbocycles. The number of hydrogen-bond acceptors (Lipinski definition) is 6. The summed E-state index contributed by atoms with van der Waals surface area (Å²) in [6, 6.07) is 11.2. The van der Waals surface area contributed by atoms with Gasteiger partial charge in [0.2, 0.25) is 5.95 Å². The van der Waals surface area contributed by atoms with Crippen LogP contribution in [0, 0.1) is 19.7 Å². The second-order valence-electron chi connectivity index (χ2n) is 8.65. The first-order valence-electron chi connectivity index (χ1n) is 11.2. The summed E-state index contributed by atoms with van der Waals surface area (Å²) in [4.78, 5) is 39.4. The van der Waals surface area contributed by atoms with E-state index in [2.05, 4.69) is 20.4 Å². The van der Waals surface area contributed by atoms with Crippen LogP contribution in [0.4, 0.5) is 21.8 Å². The molecule has 36 heavy (non-hydrogen) atoms. The molecule has 4 heterocycles. The number of carbonyl (C=O) groups excluding carboxylic acids is 2. The number of H-pyrrole nitrogens is 1. The number of aryl methyl sites for hydroxylation is 3. The third-order valence-electron chi connectivity index (χ3n) is 6.38. The molecule has 2 aromatic carbocycles. The minimum Gasteiger partial charge on any atom is -0.359 e. The zero-order valence-corrected chi connectivity index (χ0v) is 19.6. The highest BCUT2D eigenvalue weighted by Crippen LogP contribution is 2.38. The Balaban J connectivity index is 1.43. The second kappa shape index (κ2) is 7.84. The van der Waals surface area contributed by atoms with Crippen LogP contribution < -0.4 is 10.2 Å². The number of rotatable bonds is 4. The Bertz CT molecular complexity index is 1700. The van der Waals surface area contributed by atoms with Crippen LogP contribution in [0.15, 0.2) is 54.9 Å². The maximum Gasteiger partial charge on any atom is 0.269 e. The summed E-state index contributed by atoms with van der Waals surface area (Å²) >= 11 is 0. The van der Waals surface area contributed by atoms with Crippen molar-refractivity contribution in [2.45, 2.75) is 13.8 Å². The Kier molecular flexibility index (Phi) is 4.72. The fourth-order valence-corrected chi connectivity index (χ4v) is 4.49. The lowest BCUT2D eigenvalue weighted by Crippen LogP contribution is -2.29. The largest absolute Gasteiger partial charge is 0.359 e. The molecule has 5 aromatic rings. The number of nitrogens with one attached hydrogen (secondary N) is 2. The van der Waals surface area contributed by atoms with Gasteiger partial charge in [-0.1, -0.05) is 18.2 Å². The van der Waals surface area contributed by atoms with Gasteiger partial charge in [-0.25, -0.2) is 19.3 Å². The zero-order chi connectivity index (χ0) is 25.1. The minimum atomic E-state index is -0.715. The average molecular weight is 481 g/mol. The molecule has 178 valence electrons. The molecule has 0 saturated carbocycles. The predicted molar refractivity (Wildman–Crippen MR) is 133 cm³/mol. The summed E-state index contributed by atoms with van der Waals surface area (Å²) < 4.78 is 16.1. The first kappa shape index (κ1) is 21.7. The maximum absolute atomic E-state index is 14.4. The zero-order valence-electron chi connectivity index (χ0n) is 19.6. The Morgan fingerprint density at radius 2 is 1.83 bits per heavy atom. The van der Waals surface area contributed by atoms with Gasteiger partial charge in [0.15, 0.2) is 5.82 Å². The number of benzene rings is 2.